The Bertz CT molecular complexity index is 197. The van der Waals surface area contributed by atoms with E-state index in [1.54, 1.807) is 0 Å². The van der Waals surface area contributed by atoms with Crippen LogP contribution in [0.3, 0.4) is 0 Å². The number of likely N-dealkylation sites (tertiary alicyclic amines) is 1. The van der Waals surface area contributed by atoms with E-state index in [1.807, 2.05) is 18.9 Å². The molecular weight excluding hydrogens is 180 g/mol. The normalized spacial score (nSPS) is 24.4. The van der Waals surface area contributed by atoms with Crippen LogP contribution in [0.4, 0.5) is 0 Å². The molecule has 82 valence electrons. The van der Waals surface area contributed by atoms with Crippen LogP contribution < -0.4 is 5.32 Å². The molecule has 4 nitrogen and oxygen atoms in total. The van der Waals surface area contributed by atoms with Gasteiger partial charge in [0.1, 0.15) is 0 Å². The molecule has 0 bridgehead atoms. The Morgan fingerprint density at radius 2 is 2.43 bits per heavy atom. The molecule has 2 unspecified atom stereocenters. The van der Waals surface area contributed by atoms with Crippen molar-refractivity contribution in [1.82, 2.24) is 10.2 Å². The molecule has 0 aromatic carbocycles. The third-order valence-electron chi connectivity index (χ3n) is 2.85. The van der Waals surface area contributed by atoms with E-state index in [2.05, 4.69) is 5.32 Å². The summed E-state index contributed by atoms with van der Waals surface area (Å²) in [6, 6.07) is -0.00577. The zero-order valence-electron chi connectivity index (χ0n) is 8.99. The van der Waals surface area contributed by atoms with Crippen LogP contribution in [-0.4, -0.2) is 48.2 Å². The Morgan fingerprint density at radius 3 is 2.93 bits per heavy atom. The lowest BCUT2D eigenvalue weighted by molar-refractivity contribution is -0.129. The third-order valence-corrected chi connectivity index (χ3v) is 2.85. The van der Waals surface area contributed by atoms with Crippen molar-refractivity contribution in [2.45, 2.75) is 38.3 Å². The fourth-order valence-electron chi connectivity index (χ4n) is 1.74. The lowest BCUT2D eigenvalue weighted by atomic mass is 10.2. The quantitative estimate of drug-likeness (QED) is 0.655. The minimum atomic E-state index is -0.267. The molecule has 1 aliphatic rings. The highest BCUT2D eigenvalue weighted by atomic mass is 16.3. The molecule has 4 heteroatoms. The van der Waals surface area contributed by atoms with E-state index in [-0.39, 0.29) is 18.1 Å². The van der Waals surface area contributed by atoms with Crippen molar-refractivity contribution in [2.24, 2.45) is 0 Å². The lowest BCUT2D eigenvalue weighted by Gasteiger charge is -2.18. The Morgan fingerprint density at radius 1 is 1.71 bits per heavy atom. The molecule has 2 atom stereocenters. The molecule has 1 amide bonds. The van der Waals surface area contributed by atoms with E-state index >= 15 is 0 Å². The molecule has 0 radical (unpaired) electrons. The van der Waals surface area contributed by atoms with Crippen LogP contribution in [0.15, 0.2) is 0 Å². The van der Waals surface area contributed by atoms with Gasteiger partial charge < -0.3 is 15.3 Å². The van der Waals surface area contributed by atoms with Crippen molar-refractivity contribution in [3.05, 3.63) is 0 Å². The lowest BCUT2D eigenvalue weighted by Crippen LogP contribution is -2.37. The number of amides is 1. The van der Waals surface area contributed by atoms with Crippen LogP contribution in [0.2, 0.25) is 0 Å². The Kier molecular flexibility index (Phi) is 4.35. The van der Waals surface area contributed by atoms with Gasteiger partial charge in [0.05, 0.1) is 12.1 Å². The molecule has 1 saturated heterocycles. The maximum absolute atomic E-state index is 11.6. The first kappa shape index (κ1) is 11.5. The zero-order chi connectivity index (χ0) is 10.6. The summed E-state index contributed by atoms with van der Waals surface area (Å²) in [5.74, 6) is 0.177. The van der Waals surface area contributed by atoms with E-state index < -0.39 is 0 Å². The molecule has 0 aromatic heterocycles. The summed E-state index contributed by atoms with van der Waals surface area (Å²) in [7, 11) is 1.81. The van der Waals surface area contributed by atoms with Crippen molar-refractivity contribution >= 4 is 5.91 Å². The first-order valence-electron chi connectivity index (χ1n) is 5.33. The summed E-state index contributed by atoms with van der Waals surface area (Å²) in [6.45, 7) is 3.46. The van der Waals surface area contributed by atoms with Crippen LogP contribution in [0.25, 0.3) is 0 Å². The third kappa shape index (κ3) is 2.69. The van der Waals surface area contributed by atoms with Crippen molar-refractivity contribution in [3.63, 3.8) is 0 Å². The van der Waals surface area contributed by atoms with Gasteiger partial charge in [0.2, 0.25) is 5.91 Å². The summed E-state index contributed by atoms with van der Waals surface area (Å²) in [5.41, 5.74) is 0. The zero-order valence-corrected chi connectivity index (χ0v) is 8.99. The standard InChI is InChI=1S/C10H20N2O2/c1-3-8(13)4-6-12-7-5-9(11-2)10(12)14/h8-9,11,13H,3-7H2,1-2H3. The Hall–Kier alpha value is -0.610. The number of likely N-dealkylation sites (N-methyl/N-ethyl adjacent to an activating group) is 1. The molecule has 0 aliphatic carbocycles. The van der Waals surface area contributed by atoms with E-state index in [1.165, 1.54) is 0 Å². The van der Waals surface area contributed by atoms with Crippen molar-refractivity contribution in [3.8, 4) is 0 Å². The van der Waals surface area contributed by atoms with E-state index in [4.69, 9.17) is 0 Å². The summed E-state index contributed by atoms with van der Waals surface area (Å²) >= 11 is 0. The fourth-order valence-corrected chi connectivity index (χ4v) is 1.74. The van der Waals surface area contributed by atoms with Crippen LogP contribution in [-0.2, 0) is 4.79 Å². The number of rotatable bonds is 5. The van der Waals surface area contributed by atoms with Gasteiger partial charge >= 0.3 is 0 Å². The average molecular weight is 200 g/mol. The number of hydrogen-bond donors (Lipinski definition) is 2. The number of hydrogen-bond acceptors (Lipinski definition) is 3. The topological polar surface area (TPSA) is 52.6 Å². The molecule has 0 spiro atoms. The van der Waals surface area contributed by atoms with Crippen molar-refractivity contribution < 1.29 is 9.90 Å². The average Bonchev–Trinajstić information content (AvgIpc) is 2.56. The molecule has 1 rings (SSSR count). The Labute approximate surface area is 85.3 Å². The highest BCUT2D eigenvalue weighted by molar-refractivity contribution is 5.83. The summed E-state index contributed by atoms with van der Waals surface area (Å²) in [5, 5.41) is 12.4. The second-order valence-corrected chi connectivity index (χ2v) is 3.81. The molecule has 0 aromatic rings. The molecule has 1 heterocycles. The second kappa shape index (κ2) is 5.32. The van der Waals surface area contributed by atoms with E-state index in [9.17, 15) is 9.90 Å². The molecular formula is C10H20N2O2. The number of nitrogens with one attached hydrogen (secondary N) is 1. The van der Waals surface area contributed by atoms with Gasteiger partial charge in [0.25, 0.3) is 0 Å². The number of aliphatic hydroxyl groups excluding tert-OH is 1. The van der Waals surface area contributed by atoms with Gasteiger partial charge in [-0.05, 0) is 26.3 Å². The van der Waals surface area contributed by atoms with Gasteiger partial charge in [-0.3, -0.25) is 4.79 Å². The minimum absolute atomic E-state index is 0.00577. The van der Waals surface area contributed by atoms with Crippen molar-refractivity contribution in [1.29, 1.82) is 0 Å². The van der Waals surface area contributed by atoms with Crippen molar-refractivity contribution in [2.75, 3.05) is 20.1 Å². The summed E-state index contributed by atoms with van der Waals surface area (Å²) in [4.78, 5) is 13.5. The first-order valence-corrected chi connectivity index (χ1v) is 5.33. The highest BCUT2D eigenvalue weighted by Crippen LogP contribution is 2.12. The SMILES string of the molecule is CCC(O)CCN1CCC(NC)C1=O. The molecule has 1 fully saturated rings. The Balaban J connectivity index is 2.29. The van der Waals surface area contributed by atoms with Crippen LogP contribution >= 0.6 is 0 Å². The molecule has 14 heavy (non-hydrogen) atoms. The number of carbonyl (C=O) groups is 1. The van der Waals surface area contributed by atoms with E-state index in [0.29, 0.717) is 13.0 Å². The van der Waals surface area contributed by atoms with Gasteiger partial charge in [-0.25, -0.2) is 0 Å². The van der Waals surface area contributed by atoms with Gasteiger partial charge in [-0.15, -0.1) is 0 Å². The number of nitrogens with zero attached hydrogens (tertiary/aromatic N) is 1. The largest absolute Gasteiger partial charge is 0.393 e. The summed E-state index contributed by atoms with van der Waals surface area (Å²) in [6.07, 6.45) is 2.07. The second-order valence-electron chi connectivity index (χ2n) is 3.81. The van der Waals surface area contributed by atoms with Gasteiger partial charge in [-0.2, -0.15) is 0 Å². The monoisotopic (exact) mass is 200 g/mol. The van der Waals surface area contributed by atoms with Crippen LogP contribution in [0.5, 0.6) is 0 Å². The van der Waals surface area contributed by atoms with Crippen LogP contribution in [0.1, 0.15) is 26.2 Å². The van der Waals surface area contributed by atoms with Crippen LogP contribution in [0, 0.1) is 0 Å². The first-order chi connectivity index (χ1) is 6.69. The van der Waals surface area contributed by atoms with Gasteiger partial charge in [0, 0.05) is 13.1 Å². The molecule has 1 aliphatic heterocycles. The number of aliphatic hydroxyl groups is 1. The smallest absolute Gasteiger partial charge is 0.239 e. The predicted molar refractivity (Wildman–Crippen MR) is 55.0 cm³/mol. The predicted octanol–water partition coefficient (Wildman–Crippen LogP) is -0.0323. The summed E-state index contributed by atoms with van der Waals surface area (Å²) < 4.78 is 0. The fraction of sp³-hybridized carbons (Fsp3) is 0.900. The van der Waals surface area contributed by atoms with Gasteiger partial charge in [0.15, 0.2) is 0 Å². The molecule has 0 saturated carbocycles. The minimum Gasteiger partial charge on any atom is -0.393 e. The van der Waals surface area contributed by atoms with E-state index in [0.717, 1.165) is 19.4 Å². The maximum atomic E-state index is 11.6. The maximum Gasteiger partial charge on any atom is 0.239 e. The molecule has 2 N–H and O–H groups in total. The van der Waals surface area contributed by atoms with Gasteiger partial charge in [-0.1, -0.05) is 6.92 Å². The highest BCUT2D eigenvalue weighted by Gasteiger charge is 2.29. The number of carbonyl (C=O) groups excluding carboxylic acids is 1.